The van der Waals surface area contributed by atoms with Gasteiger partial charge in [0, 0.05) is 7.11 Å². The molecule has 0 aliphatic rings. The van der Waals surface area contributed by atoms with Gasteiger partial charge in [0.15, 0.2) is 6.29 Å². The van der Waals surface area contributed by atoms with Crippen LogP contribution in [0.25, 0.3) is 0 Å². The molecule has 0 rings (SSSR count). The SMILES string of the molecule is C=COCCOCCO.COC(C)OCCOCCO. The van der Waals surface area contributed by atoms with E-state index in [0.717, 1.165) is 0 Å². The first kappa shape index (κ1) is 21.6. The average molecular weight is 296 g/mol. The monoisotopic (exact) mass is 296 g/mol. The Hall–Kier alpha value is -0.700. The van der Waals surface area contributed by atoms with E-state index in [1.165, 1.54) is 6.26 Å². The molecule has 0 bridgehead atoms. The third-order valence-corrected chi connectivity index (χ3v) is 1.85. The van der Waals surface area contributed by atoms with Crippen molar-refractivity contribution in [3.63, 3.8) is 0 Å². The summed E-state index contributed by atoms with van der Waals surface area (Å²) in [5.41, 5.74) is 0. The molecule has 0 aromatic carbocycles. The Morgan fingerprint density at radius 3 is 1.95 bits per heavy atom. The normalized spacial score (nSPS) is 11.4. The van der Waals surface area contributed by atoms with Crippen molar-refractivity contribution in [2.24, 2.45) is 0 Å². The van der Waals surface area contributed by atoms with Crippen LogP contribution in [0.4, 0.5) is 0 Å². The largest absolute Gasteiger partial charge is 0.499 e. The fraction of sp³-hybridized carbons (Fsp3) is 0.846. The summed E-state index contributed by atoms with van der Waals surface area (Å²) < 4.78 is 24.5. The molecule has 0 aliphatic carbocycles. The molecule has 0 fully saturated rings. The molecule has 0 saturated carbocycles. The Kier molecular flexibility index (Phi) is 22.3. The summed E-state index contributed by atoms with van der Waals surface area (Å²) in [6.07, 6.45) is 1.18. The Morgan fingerprint density at radius 1 is 0.950 bits per heavy atom. The fourth-order valence-corrected chi connectivity index (χ4v) is 0.865. The molecule has 0 aromatic heterocycles. The molecule has 0 radical (unpaired) electrons. The highest BCUT2D eigenvalue weighted by Gasteiger charge is 1.96. The molecule has 0 aliphatic heterocycles. The van der Waals surface area contributed by atoms with Crippen LogP contribution in [0, 0.1) is 0 Å². The standard InChI is InChI=1S/C7H16O4.C6H12O3/c1-7(9-2)11-6-5-10-4-3-8;1-2-8-5-6-9-4-3-7/h7-8H,3-6H2,1-2H3;2,7H,1,3-6H2. The summed E-state index contributed by atoms with van der Waals surface area (Å²) in [5, 5.41) is 16.6. The summed E-state index contributed by atoms with van der Waals surface area (Å²) >= 11 is 0. The first-order chi connectivity index (χ1) is 9.72. The molecule has 0 amide bonds. The number of ether oxygens (including phenoxy) is 5. The molecule has 0 spiro atoms. The predicted octanol–water partition coefficient (Wildman–Crippen LogP) is 0.160. The zero-order valence-electron chi connectivity index (χ0n) is 12.5. The van der Waals surface area contributed by atoms with Crippen LogP contribution in [0.5, 0.6) is 0 Å². The van der Waals surface area contributed by atoms with Crippen molar-refractivity contribution in [2.75, 3.05) is 60.0 Å². The van der Waals surface area contributed by atoms with Crippen LogP contribution < -0.4 is 0 Å². The van der Waals surface area contributed by atoms with Gasteiger partial charge in [0.1, 0.15) is 6.61 Å². The van der Waals surface area contributed by atoms with Crippen LogP contribution in [0.1, 0.15) is 6.92 Å². The summed E-state index contributed by atoms with van der Waals surface area (Å²) in [5.74, 6) is 0. The summed E-state index contributed by atoms with van der Waals surface area (Å²) in [6, 6.07) is 0. The van der Waals surface area contributed by atoms with Gasteiger partial charge >= 0.3 is 0 Å². The average Bonchev–Trinajstić information content (AvgIpc) is 2.47. The van der Waals surface area contributed by atoms with Crippen molar-refractivity contribution in [2.45, 2.75) is 13.2 Å². The van der Waals surface area contributed by atoms with E-state index in [-0.39, 0.29) is 19.5 Å². The van der Waals surface area contributed by atoms with Gasteiger partial charge in [0.05, 0.1) is 52.5 Å². The Bertz CT molecular complexity index is 178. The number of aliphatic hydroxyl groups is 2. The minimum absolute atomic E-state index is 0.0554. The maximum Gasteiger partial charge on any atom is 0.154 e. The molecule has 122 valence electrons. The highest BCUT2D eigenvalue weighted by molar-refractivity contribution is 4.47. The lowest BCUT2D eigenvalue weighted by molar-refractivity contribution is -0.122. The molecule has 0 heterocycles. The van der Waals surface area contributed by atoms with E-state index in [1.807, 2.05) is 6.92 Å². The van der Waals surface area contributed by atoms with Crippen LogP contribution in [0.3, 0.4) is 0 Å². The molecule has 20 heavy (non-hydrogen) atoms. The quantitative estimate of drug-likeness (QED) is 0.284. The van der Waals surface area contributed by atoms with Crippen LogP contribution in [-0.2, 0) is 23.7 Å². The lowest BCUT2D eigenvalue weighted by atomic mass is 10.7. The third-order valence-electron chi connectivity index (χ3n) is 1.85. The van der Waals surface area contributed by atoms with Crippen molar-refractivity contribution in [1.82, 2.24) is 0 Å². The topological polar surface area (TPSA) is 86.6 Å². The van der Waals surface area contributed by atoms with Crippen molar-refractivity contribution in [3.05, 3.63) is 12.8 Å². The van der Waals surface area contributed by atoms with Gasteiger partial charge in [-0.2, -0.15) is 0 Å². The lowest BCUT2D eigenvalue weighted by Gasteiger charge is -2.10. The molecule has 0 aromatic rings. The maximum absolute atomic E-state index is 8.33. The third kappa shape index (κ3) is 22.5. The minimum Gasteiger partial charge on any atom is -0.499 e. The van der Waals surface area contributed by atoms with E-state index in [4.69, 9.17) is 33.9 Å². The lowest BCUT2D eigenvalue weighted by Crippen LogP contribution is -2.15. The molecule has 1 unspecified atom stereocenters. The number of aliphatic hydroxyl groups excluding tert-OH is 2. The first-order valence-electron chi connectivity index (χ1n) is 6.47. The number of hydrogen-bond acceptors (Lipinski definition) is 7. The Labute approximate surface area is 121 Å². The fourth-order valence-electron chi connectivity index (χ4n) is 0.865. The zero-order valence-corrected chi connectivity index (χ0v) is 12.5. The van der Waals surface area contributed by atoms with E-state index in [2.05, 4.69) is 6.58 Å². The van der Waals surface area contributed by atoms with Gasteiger partial charge in [-0.3, -0.25) is 0 Å². The zero-order chi connectivity index (χ0) is 15.5. The van der Waals surface area contributed by atoms with Gasteiger partial charge in [-0.1, -0.05) is 6.58 Å². The van der Waals surface area contributed by atoms with Crippen molar-refractivity contribution < 1.29 is 33.9 Å². The van der Waals surface area contributed by atoms with Crippen LogP contribution >= 0.6 is 0 Å². The summed E-state index contributed by atoms with van der Waals surface area (Å²) in [7, 11) is 1.58. The molecule has 7 heteroatoms. The highest BCUT2D eigenvalue weighted by Crippen LogP contribution is 1.89. The van der Waals surface area contributed by atoms with Gasteiger partial charge in [-0.15, -0.1) is 0 Å². The van der Waals surface area contributed by atoms with Gasteiger partial charge in [-0.25, -0.2) is 0 Å². The van der Waals surface area contributed by atoms with Crippen LogP contribution in [0.15, 0.2) is 12.8 Å². The van der Waals surface area contributed by atoms with Crippen molar-refractivity contribution in [1.29, 1.82) is 0 Å². The minimum atomic E-state index is -0.187. The smallest absolute Gasteiger partial charge is 0.154 e. The molecule has 1 atom stereocenters. The molecule has 2 N–H and O–H groups in total. The van der Waals surface area contributed by atoms with Crippen LogP contribution in [0.2, 0.25) is 0 Å². The molecular formula is C13H28O7. The van der Waals surface area contributed by atoms with Crippen molar-refractivity contribution >= 4 is 0 Å². The maximum atomic E-state index is 8.33. The summed E-state index contributed by atoms with van der Waals surface area (Å²) in [4.78, 5) is 0. The van der Waals surface area contributed by atoms with E-state index in [9.17, 15) is 0 Å². The number of hydrogen-bond donors (Lipinski definition) is 2. The number of rotatable bonds is 13. The molecule has 7 nitrogen and oxygen atoms in total. The van der Waals surface area contributed by atoms with E-state index >= 15 is 0 Å². The Morgan fingerprint density at radius 2 is 1.50 bits per heavy atom. The van der Waals surface area contributed by atoms with Gasteiger partial charge in [-0.05, 0) is 6.92 Å². The first-order valence-corrected chi connectivity index (χ1v) is 6.47. The second kappa shape index (κ2) is 20.6. The molecule has 0 saturated heterocycles. The van der Waals surface area contributed by atoms with E-state index in [0.29, 0.717) is 39.6 Å². The van der Waals surface area contributed by atoms with E-state index in [1.54, 1.807) is 7.11 Å². The van der Waals surface area contributed by atoms with Gasteiger partial charge in [0.2, 0.25) is 0 Å². The molecular weight excluding hydrogens is 268 g/mol. The summed E-state index contributed by atoms with van der Waals surface area (Å²) in [6.45, 7) is 8.02. The second-order valence-corrected chi connectivity index (χ2v) is 3.38. The highest BCUT2D eigenvalue weighted by atomic mass is 16.7. The van der Waals surface area contributed by atoms with Crippen molar-refractivity contribution in [3.8, 4) is 0 Å². The van der Waals surface area contributed by atoms with E-state index < -0.39 is 0 Å². The number of methoxy groups -OCH3 is 1. The van der Waals surface area contributed by atoms with Crippen LogP contribution in [-0.4, -0.2) is 76.5 Å². The second-order valence-electron chi connectivity index (χ2n) is 3.38. The van der Waals surface area contributed by atoms with Gasteiger partial charge < -0.3 is 33.9 Å². The van der Waals surface area contributed by atoms with Gasteiger partial charge in [0.25, 0.3) is 0 Å². The predicted molar refractivity (Wildman–Crippen MR) is 74.4 cm³/mol. The Balaban J connectivity index is 0.